The number of aromatic amines is 1. The molecular weight excluding hydrogens is 560 g/mol. The van der Waals surface area contributed by atoms with Gasteiger partial charge in [0.05, 0.1) is 5.02 Å². The number of amides is 1. The van der Waals surface area contributed by atoms with Crippen molar-refractivity contribution in [2.24, 2.45) is 5.92 Å². The van der Waals surface area contributed by atoms with Crippen molar-refractivity contribution in [3.8, 4) is 11.5 Å². The second-order valence-corrected chi connectivity index (χ2v) is 12.8. The average Bonchev–Trinajstić information content (AvgIpc) is 3.27. The standard InChI is InChI=1S/C29H36ClF2N3O4S/c1-15-10-23(40-5)21(27(37)34-15)14-33-26(36)20-11-22(30)25-24(16(20)2)38-28(3,39-25)17-6-8-18(9-7-17)35(4)19-12-29(31,32)13-19/h10-11,17-19H,6-9,12-14H2,1-5H3,(H,33,36)(H,34,37)/t17-,18-,28-/m1/s1. The third-order valence-corrected chi connectivity index (χ3v) is 9.91. The Morgan fingerprint density at radius 3 is 2.42 bits per heavy atom. The Morgan fingerprint density at radius 1 is 1.15 bits per heavy atom. The molecule has 5 rings (SSSR count). The van der Waals surface area contributed by atoms with E-state index in [4.69, 9.17) is 21.1 Å². The number of nitrogens with zero attached hydrogens (tertiary/aromatic N) is 1. The molecule has 0 spiro atoms. The van der Waals surface area contributed by atoms with Gasteiger partial charge in [-0.2, -0.15) is 0 Å². The Hall–Kier alpha value is -2.30. The zero-order valence-electron chi connectivity index (χ0n) is 23.5. The van der Waals surface area contributed by atoms with E-state index in [-0.39, 0.29) is 53.9 Å². The molecule has 2 heterocycles. The lowest BCUT2D eigenvalue weighted by atomic mass is 9.79. The summed E-state index contributed by atoms with van der Waals surface area (Å²) in [7, 11) is 1.96. The van der Waals surface area contributed by atoms with Crippen molar-refractivity contribution in [1.29, 1.82) is 0 Å². The molecular formula is C29H36ClF2N3O4S. The van der Waals surface area contributed by atoms with Crippen molar-refractivity contribution >= 4 is 29.3 Å². The topological polar surface area (TPSA) is 83.7 Å². The number of alkyl halides is 2. The van der Waals surface area contributed by atoms with Crippen LogP contribution in [0, 0.1) is 19.8 Å². The minimum atomic E-state index is -2.52. The molecule has 1 atom stereocenters. The van der Waals surface area contributed by atoms with Gasteiger partial charge in [-0.25, -0.2) is 8.78 Å². The third kappa shape index (κ3) is 5.46. The van der Waals surface area contributed by atoms with Gasteiger partial charge in [-0.15, -0.1) is 11.8 Å². The smallest absolute Gasteiger partial charge is 0.254 e. The monoisotopic (exact) mass is 595 g/mol. The molecule has 1 aromatic carbocycles. The molecule has 2 saturated carbocycles. The summed E-state index contributed by atoms with van der Waals surface area (Å²) in [5.74, 6) is -2.87. The van der Waals surface area contributed by atoms with E-state index >= 15 is 0 Å². The maximum Gasteiger partial charge on any atom is 0.254 e. The summed E-state index contributed by atoms with van der Waals surface area (Å²) in [5.41, 5.74) is 1.99. The second-order valence-electron chi connectivity index (χ2n) is 11.5. The van der Waals surface area contributed by atoms with Crippen molar-refractivity contribution in [3.63, 3.8) is 0 Å². The predicted molar refractivity (Wildman–Crippen MR) is 152 cm³/mol. The van der Waals surface area contributed by atoms with Crippen molar-refractivity contribution in [2.75, 3.05) is 13.3 Å². The Kier molecular flexibility index (Phi) is 7.91. The van der Waals surface area contributed by atoms with E-state index in [1.807, 2.05) is 33.2 Å². The molecule has 2 aromatic rings. The quantitative estimate of drug-likeness (QED) is 0.378. The molecule has 0 unspecified atom stereocenters. The third-order valence-electron chi connectivity index (χ3n) is 8.83. The summed E-state index contributed by atoms with van der Waals surface area (Å²) < 4.78 is 39.5. The maximum atomic E-state index is 13.4. The van der Waals surface area contributed by atoms with Gasteiger partial charge in [0.25, 0.3) is 23.2 Å². The van der Waals surface area contributed by atoms with Gasteiger partial charge < -0.3 is 24.7 Å². The van der Waals surface area contributed by atoms with Crippen LogP contribution in [0.4, 0.5) is 8.78 Å². The molecule has 2 N–H and O–H groups in total. The molecule has 1 aliphatic heterocycles. The highest BCUT2D eigenvalue weighted by atomic mass is 35.5. The summed E-state index contributed by atoms with van der Waals surface area (Å²) in [6.07, 6.45) is 5.17. The molecule has 1 aromatic heterocycles. The minimum absolute atomic E-state index is 0.0573. The number of carbonyl (C=O) groups excluding carboxylic acids is 1. The van der Waals surface area contributed by atoms with Crippen molar-refractivity contribution in [3.05, 3.63) is 49.9 Å². The predicted octanol–water partition coefficient (Wildman–Crippen LogP) is 6.07. The van der Waals surface area contributed by atoms with E-state index in [0.29, 0.717) is 28.2 Å². The Balaban J connectivity index is 1.26. The van der Waals surface area contributed by atoms with Crippen LogP contribution >= 0.6 is 23.4 Å². The Bertz CT molecular complexity index is 1370. The second kappa shape index (κ2) is 10.8. The molecule has 1 amide bonds. The summed E-state index contributed by atoms with van der Waals surface area (Å²) in [4.78, 5) is 31.4. The van der Waals surface area contributed by atoms with Crippen molar-refractivity contribution < 1.29 is 23.0 Å². The summed E-state index contributed by atoms with van der Waals surface area (Å²) in [6.45, 7) is 5.59. The van der Waals surface area contributed by atoms with Crippen LogP contribution in [-0.2, 0) is 6.54 Å². The fraction of sp³-hybridized carbons (Fsp3) is 0.586. The number of ether oxygens (including phenoxy) is 2. The number of halogens is 3. The van der Waals surface area contributed by atoms with Crippen molar-refractivity contribution in [2.45, 2.75) is 94.5 Å². The van der Waals surface area contributed by atoms with E-state index in [9.17, 15) is 18.4 Å². The van der Waals surface area contributed by atoms with Crippen LogP contribution in [-0.4, -0.2) is 52.9 Å². The van der Waals surface area contributed by atoms with Gasteiger partial charge in [0, 0.05) is 71.6 Å². The molecule has 7 nitrogen and oxygen atoms in total. The largest absolute Gasteiger partial charge is 0.448 e. The van der Waals surface area contributed by atoms with Gasteiger partial charge in [-0.1, -0.05) is 11.6 Å². The number of carbonyl (C=O) groups is 1. The molecule has 11 heteroatoms. The first-order valence-corrected chi connectivity index (χ1v) is 15.3. The number of rotatable bonds is 7. The number of nitrogens with one attached hydrogen (secondary N) is 2. The molecule has 218 valence electrons. The van der Waals surface area contributed by atoms with E-state index < -0.39 is 11.7 Å². The first-order chi connectivity index (χ1) is 18.8. The van der Waals surface area contributed by atoms with Crippen LogP contribution in [0.1, 0.15) is 72.6 Å². The highest BCUT2D eigenvalue weighted by molar-refractivity contribution is 7.98. The van der Waals surface area contributed by atoms with Crippen LogP contribution in [0.3, 0.4) is 0 Å². The number of hydrogen-bond acceptors (Lipinski definition) is 6. The average molecular weight is 596 g/mol. The van der Waals surface area contributed by atoms with Crippen molar-refractivity contribution in [1.82, 2.24) is 15.2 Å². The van der Waals surface area contributed by atoms with Gasteiger partial charge in [0.1, 0.15) is 0 Å². The molecule has 3 aliphatic rings. The lowest BCUT2D eigenvalue weighted by Gasteiger charge is -2.47. The number of hydrogen-bond donors (Lipinski definition) is 2. The summed E-state index contributed by atoms with van der Waals surface area (Å²) in [5, 5.41) is 3.14. The molecule has 0 bridgehead atoms. The lowest BCUT2D eigenvalue weighted by Crippen LogP contribution is -2.54. The SMILES string of the molecule is CSc1cc(C)[nH]c(=O)c1CNC(=O)c1cc(Cl)c2c(c1C)O[C@@](C)([C@H]1CC[C@H](N(C)C3CC(F)(F)C3)CC1)O2. The number of aromatic nitrogens is 1. The zero-order chi connectivity index (χ0) is 29.0. The molecule has 0 radical (unpaired) electrons. The van der Waals surface area contributed by atoms with Gasteiger partial charge in [0.2, 0.25) is 0 Å². The number of pyridine rings is 1. The van der Waals surface area contributed by atoms with E-state index in [0.717, 1.165) is 36.3 Å². The number of thioether (sulfide) groups is 1. The number of benzene rings is 1. The molecule has 0 saturated heterocycles. The number of aryl methyl sites for hydroxylation is 1. The highest BCUT2D eigenvalue weighted by Gasteiger charge is 2.51. The lowest BCUT2D eigenvalue weighted by molar-refractivity contribution is -0.141. The first kappa shape index (κ1) is 29.2. The van der Waals surface area contributed by atoms with Gasteiger partial charge >= 0.3 is 0 Å². The molecule has 2 aliphatic carbocycles. The van der Waals surface area contributed by atoms with Crippen LogP contribution in [0.15, 0.2) is 21.8 Å². The highest BCUT2D eigenvalue weighted by Crippen LogP contribution is 2.52. The summed E-state index contributed by atoms with van der Waals surface area (Å²) >= 11 is 8.05. The van der Waals surface area contributed by atoms with Gasteiger partial charge in [0.15, 0.2) is 11.5 Å². The normalized spacial score (nSPS) is 25.6. The maximum absolute atomic E-state index is 13.4. The van der Waals surface area contributed by atoms with Crippen LogP contribution < -0.4 is 20.3 Å². The Labute approximate surface area is 242 Å². The Morgan fingerprint density at radius 2 is 1.80 bits per heavy atom. The molecule has 2 fully saturated rings. The number of fused-ring (bicyclic) bond motifs is 1. The van der Waals surface area contributed by atoms with E-state index in [1.165, 1.54) is 11.8 Å². The molecule has 40 heavy (non-hydrogen) atoms. The van der Waals surface area contributed by atoms with E-state index in [1.54, 1.807) is 13.0 Å². The van der Waals surface area contributed by atoms with Gasteiger partial charge in [-0.3, -0.25) is 9.59 Å². The number of H-pyrrole nitrogens is 1. The first-order valence-electron chi connectivity index (χ1n) is 13.7. The zero-order valence-corrected chi connectivity index (χ0v) is 25.0. The van der Waals surface area contributed by atoms with Crippen LogP contribution in [0.2, 0.25) is 5.02 Å². The van der Waals surface area contributed by atoms with Gasteiger partial charge in [-0.05, 0) is 65.0 Å². The van der Waals surface area contributed by atoms with Crippen LogP contribution in [0.25, 0.3) is 0 Å². The van der Waals surface area contributed by atoms with Crippen LogP contribution in [0.5, 0.6) is 11.5 Å². The fourth-order valence-corrected chi connectivity index (χ4v) is 7.21. The minimum Gasteiger partial charge on any atom is -0.448 e. The fourth-order valence-electron chi connectivity index (χ4n) is 6.27. The summed E-state index contributed by atoms with van der Waals surface area (Å²) in [6, 6.07) is 3.67. The van der Waals surface area contributed by atoms with E-state index in [2.05, 4.69) is 15.2 Å².